The number of tetrazole rings is 1. The van der Waals surface area contributed by atoms with Gasteiger partial charge in [-0.2, -0.15) is 0 Å². The minimum absolute atomic E-state index is 0.0743. The zero-order valence-corrected chi connectivity index (χ0v) is 18.8. The number of aromatic nitrogens is 4. The number of amides is 1. The number of hydrogen-bond donors (Lipinski definition) is 1. The summed E-state index contributed by atoms with van der Waals surface area (Å²) in [5.74, 6) is 1.23. The van der Waals surface area contributed by atoms with Gasteiger partial charge in [0, 0.05) is 13.1 Å². The summed E-state index contributed by atoms with van der Waals surface area (Å²) < 4.78 is 13.9. The summed E-state index contributed by atoms with van der Waals surface area (Å²) >= 11 is 0. The van der Waals surface area contributed by atoms with Crippen LogP contribution in [-0.2, 0) is 21.3 Å². The highest BCUT2D eigenvalue weighted by Gasteiger charge is 2.55. The second-order valence-electron chi connectivity index (χ2n) is 9.49. The maximum Gasteiger partial charge on any atom is 0.246 e. The van der Waals surface area contributed by atoms with Gasteiger partial charge in [0.25, 0.3) is 0 Å². The van der Waals surface area contributed by atoms with Crippen LogP contribution in [0.5, 0.6) is 0 Å². The van der Waals surface area contributed by atoms with Gasteiger partial charge < -0.3 is 19.7 Å². The zero-order valence-electron chi connectivity index (χ0n) is 18.8. The van der Waals surface area contributed by atoms with Gasteiger partial charge in [0.2, 0.25) is 11.9 Å². The second-order valence-corrected chi connectivity index (χ2v) is 9.49. The van der Waals surface area contributed by atoms with Crippen LogP contribution in [0, 0.1) is 0 Å². The summed E-state index contributed by atoms with van der Waals surface area (Å²) in [5.41, 5.74) is 0.930. The smallest absolute Gasteiger partial charge is 0.246 e. The molecule has 3 atom stereocenters. The number of ether oxygens (including phenoxy) is 2. The summed E-state index contributed by atoms with van der Waals surface area (Å²) in [7, 11) is 1.84. The predicted octanol–water partition coefficient (Wildman–Crippen LogP) is 1.81. The molecule has 0 unspecified atom stereocenters. The first kappa shape index (κ1) is 21.3. The molecular weight excluding hydrogens is 408 g/mol. The average Bonchev–Trinajstić information content (AvgIpc) is 3.32. The van der Waals surface area contributed by atoms with E-state index in [2.05, 4.69) is 63.0 Å². The number of morpholine rings is 1. The monoisotopic (exact) mass is 440 g/mol. The van der Waals surface area contributed by atoms with Crippen molar-refractivity contribution in [3.8, 4) is 0 Å². The number of anilines is 1. The van der Waals surface area contributed by atoms with E-state index in [1.54, 1.807) is 4.68 Å². The van der Waals surface area contributed by atoms with Crippen LogP contribution < -0.4 is 10.2 Å². The van der Waals surface area contributed by atoms with E-state index in [0.29, 0.717) is 25.1 Å². The molecule has 2 aliphatic heterocycles. The Morgan fingerprint density at radius 3 is 2.69 bits per heavy atom. The number of carbonyl (C=O) groups excluding carboxylic acids is 1. The molecule has 0 bridgehead atoms. The molecule has 1 aromatic carbocycles. The molecule has 1 amide bonds. The quantitative estimate of drug-likeness (QED) is 0.758. The van der Waals surface area contributed by atoms with Crippen LogP contribution in [0.2, 0.25) is 0 Å². The van der Waals surface area contributed by atoms with E-state index in [1.807, 2.05) is 7.05 Å². The first-order chi connectivity index (χ1) is 15.6. The van der Waals surface area contributed by atoms with E-state index in [0.717, 1.165) is 32.1 Å². The van der Waals surface area contributed by atoms with Crippen LogP contribution in [0.15, 0.2) is 30.3 Å². The van der Waals surface area contributed by atoms with Crippen molar-refractivity contribution in [1.82, 2.24) is 25.5 Å². The number of aryl methyl sites for hydroxylation is 1. The van der Waals surface area contributed by atoms with Gasteiger partial charge >= 0.3 is 0 Å². The molecule has 3 fully saturated rings. The molecule has 0 radical (unpaired) electrons. The first-order valence-corrected chi connectivity index (χ1v) is 11.6. The summed E-state index contributed by atoms with van der Waals surface area (Å²) in [6.45, 7) is 3.22. The molecule has 1 saturated carbocycles. The van der Waals surface area contributed by atoms with Crippen LogP contribution in [0.25, 0.3) is 0 Å². The normalized spacial score (nSPS) is 32.9. The predicted molar refractivity (Wildman–Crippen MR) is 118 cm³/mol. The molecule has 3 aliphatic rings. The first-order valence-electron chi connectivity index (χ1n) is 11.6. The van der Waals surface area contributed by atoms with Gasteiger partial charge in [0.05, 0.1) is 30.9 Å². The van der Waals surface area contributed by atoms with Crippen molar-refractivity contribution in [2.24, 2.45) is 7.05 Å². The van der Waals surface area contributed by atoms with Crippen molar-refractivity contribution in [2.45, 2.75) is 68.7 Å². The average molecular weight is 441 g/mol. The fourth-order valence-electron chi connectivity index (χ4n) is 5.84. The van der Waals surface area contributed by atoms with E-state index in [4.69, 9.17) is 9.47 Å². The summed E-state index contributed by atoms with van der Waals surface area (Å²) in [6, 6.07) is 10.8. The van der Waals surface area contributed by atoms with E-state index >= 15 is 0 Å². The molecule has 2 saturated heterocycles. The second kappa shape index (κ2) is 8.78. The summed E-state index contributed by atoms with van der Waals surface area (Å²) in [5, 5.41) is 15.3. The van der Waals surface area contributed by atoms with Gasteiger partial charge in [0.1, 0.15) is 6.61 Å². The topological polar surface area (TPSA) is 94.4 Å². The Morgan fingerprint density at radius 2 is 2.00 bits per heavy atom. The molecule has 2 aromatic rings. The molecule has 9 nitrogen and oxygen atoms in total. The highest BCUT2D eigenvalue weighted by Crippen LogP contribution is 2.39. The highest BCUT2D eigenvalue weighted by molar-refractivity contribution is 5.79. The van der Waals surface area contributed by atoms with Gasteiger partial charge in [-0.1, -0.05) is 35.4 Å². The maximum atomic E-state index is 12.3. The van der Waals surface area contributed by atoms with E-state index in [9.17, 15) is 4.79 Å². The number of hydrogen-bond acceptors (Lipinski definition) is 7. The van der Waals surface area contributed by atoms with E-state index in [-0.39, 0.29) is 30.7 Å². The molecule has 172 valence electrons. The molecule has 32 heavy (non-hydrogen) atoms. The van der Waals surface area contributed by atoms with Crippen molar-refractivity contribution >= 4 is 11.9 Å². The molecule has 1 aromatic heterocycles. The van der Waals surface area contributed by atoms with Crippen molar-refractivity contribution in [3.05, 3.63) is 35.9 Å². The molecule has 1 aliphatic carbocycles. The largest absolute Gasteiger partial charge is 0.376 e. The third-order valence-corrected chi connectivity index (χ3v) is 7.35. The molecule has 1 N–H and O–H groups in total. The standard InChI is InChI=1S/C23H32N6O3/c1-16-12-23(15-31-14-21(30)24-23)20(29(16)22-25-26-27-28(22)2)13-32-19-10-8-18(9-11-19)17-6-4-3-5-7-17/h3-7,16,18-20H,8-15H2,1-2H3,(H,24,30)/t16-,18-,19+,20+,23-/m1/s1. The van der Waals surface area contributed by atoms with Gasteiger partial charge in [-0.15, -0.1) is 0 Å². The highest BCUT2D eigenvalue weighted by atomic mass is 16.5. The summed E-state index contributed by atoms with van der Waals surface area (Å²) in [6.07, 6.45) is 5.35. The zero-order chi connectivity index (χ0) is 22.1. The Hall–Kier alpha value is -2.52. The molecule has 1 spiro atoms. The number of carbonyl (C=O) groups is 1. The van der Waals surface area contributed by atoms with Gasteiger partial charge in [-0.3, -0.25) is 4.79 Å². The Morgan fingerprint density at radius 1 is 1.22 bits per heavy atom. The van der Waals surface area contributed by atoms with Crippen LogP contribution in [-0.4, -0.2) is 69.7 Å². The Bertz CT molecular complexity index is 929. The minimum Gasteiger partial charge on any atom is -0.376 e. The van der Waals surface area contributed by atoms with Crippen LogP contribution in [0.1, 0.15) is 50.5 Å². The minimum atomic E-state index is -0.498. The fourth-order valence-corrected chi connectivity index (χ4v) is 5.84. The number of benzene rings is 1. The van der Waals surface area contributed by atoms with Gasteiger partial charge in [0.15, 0.2) is 0 Å². The van der Waals surface area contributed by atoms with E-state index < -0.39 is 5.54 Å². The third kappa shape index (κ3) is 3.99. The van der Waals surface area contributed by atoms with Gasteiger partial charge in [-0.25, -0.2) is 4.68 Å². The molecule has 3 heterocycles. The SMILES string of the molecule is C[C@@H]1C[C@@]2(COCC(=O)N2)[C@H](CO[C@H]2CC[C@@H](c3ccccc3)CC2)N1c1nnnn1C. The maximum absolute atomic E-state index is 12.3. The lowest BCUT2D eigenvalue weighted by Crippen LogP contribution is -2.65. The third-order valence-electron chi connectivity index (χ3n) is 7.35. The lowest BCUT2D eigenvalue weighted by atomic mass is 9.82. The van der Waals surface area contributed by atoms with Crippen LogP contribution in [0.4, 0.5) is 5.95 Å². The Labute approximate surface area is 188 Å². The summed E-state index contributed by atoms with van der Waals surface area (Å²) in [4.78, 5) is 14.5. The number of nitrogens with zero attached hydrogens (tertiary/aromatic N) is 5. The number of rotatable bonds is 5. The molecule has 9 heteroatoms. The van der Waals surface area contributed by atoms with E-state index in [1.165, 1.54) is 5.56 Å². The van der Waals surface area contributed by atoms with Crippen LogP contribution >= 0.6 is 0 Å². The van der Waals surface area contributed by atoms with Gasteiger partial charge in [-0.05, 0) is 60.9 Å². The van der Waals surface area contributed by atoms with Crippen molar-refractivity contribution in [1.29, 1.82) is 0 Å². The molecular formula is C23H32N6O3. The number of nitrogens with one attached hydrogen (secondary N) is 1. The Kier molecular flexibility index (Phi) is 5.86. The lowest BCUT2D eigenvalue weighted by Gasteiger charge is -2.41. The van der Waals surface area contributed by atoms with Crippen molar-refractivity contribution < 1.29 is 14.3 Å². The molecule has 5 rings (SSSR count). The Balaban J connectivity index is 1.29. The van der Waals surface area contributed by atoms with Crippen molar-refractivity contribution in [3.63, 3.8) is 0 Å². The lowest BCUT2D eigenvalue weighted by molar-refractivity contribution is -0.136. The van der Waals surface area contributed by atoms with Crippen LogP contribution in [0.3, 0.4) is 0 Å². The van der Waals surface area contributed by atoms with Crippen molar-refractivity contribution in [2.75, 3.05) is 24.7 Å². The fraction of sp³-hybridized carbons (Fsp3) is 0.652.